The predicted molar refractivity (Wildman–Crippen MR) is 81.3 cm³/mol. The van der Waals surface area contributed by atoms with Gasteiger partial charge in [0.1, 0.15) is 17.4 Å². The molecule has 0 saturated carbocycles. The van der Waals surface area contributed by atoms with E-state index in [1.165, 1.54) is 12.1 Å². The lowest BCUT2D eigenvalue weighted by molar-refractivity contribution is 0.415. The zero-order valence-electron chi connectivity index (χ0n) is 11.5. The predicted octanol–water partition coefficient (Wildman–Crippen LogP) is 3.97. The summed E-state index contributed by atoms with van der Waals surface area (Å²) in [6, 6.07) is 12.2. The molecule has 0 radical (unpaired) electrons. The number of methoxy groups -OCH3 is 1. The smallest absolute Gasteiger partial charge is 0.125 e. The van der Waals surface area contributed by atoms with E-state index in [1.807, 2.05) is 28.8 Å². The largest absolute Gasteiger partial charge is 0.497 e. The molecule has 0 fully saturated rings. The van der Waals surface area contributed by atoms with Gasteiger partial charge in [0.2, 0.25) is 0 Å². The molecule has 3 rings (SSSR count). The average Bonchev–Trinajstić information content (AvgIpc) is 2.84. The van der Waals surface area contributed by atoms with E-state index < -0.39 is 0 Å². The fourth-order valence-electron chi connectivity index (χ4n) is 2.38. The lowest BCUT2D eigenvalue weighted by atomic mass is 10.2. The summed E-state index contributed by atoms with van der Waals surface area (Å²) in [7, 11) is 1.62. The molecule has 108 valence electrons. The molecule has 0 saturated heterocycles. The fourth-order valence-corrected chi connectivity index (χ4v) is 2.59. The van der Waals surface area contributed by atoms with Gasteiger partial charge >= 0.3 is 0 Å². The standard InChI is InChI=1S/C16H14ClFN2O/c1-21-13-5-6-15-14(8-13)19-16(9-17)20(15)10-11-3-2-4-12(18)7-11/h2-8H,9-10H2,1H3. The van der Waals surface area contributed by atoms with Gasteiger partial charge in [0.15, 0.2) is 0 Å². The maximum absolute atomic E-state index is 13.3. The molecule has 0 bridgehead atoms. The highest BCUT2D eigenvalue weighted by Crippen LogP contribution is 2.23. The molecule has 0 aliphatic heterocycles. The summed E-state index contributed by atoms with van der Waals surface area (Å²) in [5.74, 6) is 1.56. The fraction of sp³-hybridized carbons (Fsp3) is 0.188. The Morgan fingerprint density at radius 3 is 2.81 bits per heavy atom. The minimum Gasteiger partial charge on any atom is -0.497 e. The molecule has 3 nitrogen and oxygen atoms in total. The lowest BCUT2D eigenvalue weighted by Gasteiger charge is -2.08. The third-order valence-electron chi connectivity index (χ3n) is 3.38. The number of alkyl halides is 1. The molecule has 0 atom stereocenters. The van der Waals surface area contributed by atoms with Crippen molar-refractivity contribution in [3.8, 4) is 5.75 Å². The van der Waals surface area contributed by atoms with Crippen LogP contribution in [0.5, 0.6) is 5.75 Å². The number of hydrogen-bond donors (Lipinski definition) is 0. The molecule has 0 N–H and O–H groups in total. The van der Waals surface area contributed by atoms with Crippen LogP contribution in [0.15, 0.2) is 42.5 Å². The monoisotopic (exact) mass is 304 g/mol. The molecule has 0 aliphatic rings. The highest BCUT2D eigenvalue weighted by Gasteiger charge is 2.11. The van der Waals surface area contributed by atoms with Gasteiger partial charge in [-0.3, -0.25) is 0 Å². The van der Waals surface area contributed by atoms with E-state index in [0.29, 0.717) is 12.4 Å². The number of benzene rings is 2. The number of ether oxygens (including phenoxy) is 1. The van der Waals surface area contributed by atoms with Gasteiger partial charge in [-0.25, -0.2) is 9.37 Å². The highest BCUT2D eigenvalue weighted by molar-refractivity contribution is 6.16. The van der Waals surface area contributed by atoms with E-state index in [4.69, 9.17) is 16.3 Å². The van der Waals surface area contributed by atoms with Crippen molar-refractivity contribution < 1.29 is 9.13 Å². The van der Waals surface area contributed by atoms with Gasteiger partial charge in [0.05, 0.1) is 24.0 Å². The molecule has 2 aromatic carbocycles. The topological polar surface area (TPSA) is 27.1 Å². The van der Waals surface area contributed by atoms with Crippen LogP contribution in [-0.2, 0) is 12.4 Å². The van der Waals surface area contributed by atoms with E-state index in [2.05, 4.69) is 4.98 Å². The zero-order valence-corrected chi connectivity index (χ0v) is 12.3. The third-order valence-corrected chi connectivity index (χ3v) is 3.62. The number of imidazole rings is 1. The summed E-state index contributed by atoms with van der Waals surface area (Å²) >= 11 is 5.99. The van der Waals surface area contributed by atoms with E-state index in [1.54, 1.807) is 13.2 Å². The first-order valence-electron chi connectivity index (χ1n) is 6.55. The van der Waals surface area contributed by atoms with Crippen molar-refractivity contribution in [1.29, 1.82) is 0 Å². The van der Waals surface area contributed by atoms with Gasteiger partial charge in [0, 0.05) is 12.6 Å². The Bertz CT molecular complexity index is 785. The van der Waals surface area contributed by atoms with Crippen molar-refractivity contribution in [3.05, 3.63) is 59.7 Å². The molecule has 5 heteroatoms. The third kappa shape index (κ3) is 2.72. The Kier molecular flexibility index (Phi) is 3.80. The Hall–Kier alpha value is -2.07. The maximum atomic E-state index is 13.3. The molecule has 0 amide bonds. The summed E-state index contributed by atoms with van der Waals surface area (Å²) in [6.45, 7) is 0.530. The Morgan fingerprint density at radius 1 is 1.24 bits per heavy atom. The van der Waals surface area contributed by atoms with Crippen LogP contribution in [0.2, 0.25) is 0 Å². The van der Waals surface area contributed by atoms with Crippen molar-refractivity contribution in [2.75, 3.05) is 7.11 Å². The molecule has 1 aromatic heterocycles. The van der Waals surface area contributed by atoms with Gasteiger partial charge in [-0.1, -0.05) is 12.1 Å². The minimum absolute atomic E-state index is 0.244. The highest BCUT2D eigenvalue weighted by atomic mass is 35.5. The second-order valence-electron chi connectivity index (χ2n) is 4.73. The van der Waals surface area contributed by atoms with E-state index in [-0.39, 0.29) is 5.82 Å². The summed E-state index contributed by atoms with van der Waals surface area (Å²) in [6.07, 6.45) is 0. The number of fused-ring (bicyclic) bond motifs is 1. The van der Waals surface area contributed by atoms with Crippen molar-refractivity contribution in [2.24, 2.45) is 0 Å². The summed E-state index contributed by atoms with van der Waals surface area (Å²) < 4.78 is 20.5. The van der Waals surface area contributed by atoms with Crippen LogP contribution in [0.1, 0.15) is 11.4 Å². The summed E-state index contributed by atoms with van der Waals surface area (Å²) in [4.78, 5) is 4.52. The zero-order chi connectivity index (χ0) is 14.8. The Labute approximate surface area is 126 Å². The SMILES string of the molecule is COc1ccc2c(c1)nc(CCl)n2Cc1cccc(F)c1. The van der Waals surface area contributed by atoms with Gasteiger partial charge in [-0.05, 0) is 29.8 Å². The van der Waals surface area contributed by atoms with E-state index >= 15 is 0 Å². The normalized spacial score (nSPS) is 11.0. The van der Waals surface area contributed by atoms with Crippen LogP contribution in [-0.4, -0.2) is 16.7 Å². The molecule has 3 aromatic rings. The molecule has 21 heavy (non-hydrogen) atoms. The molecular weight excluding hydrogens is 291 g/mol. The maximum Gasteiger partial charge on any atom is 0.125 e. The first-order valence-corrected chi connectivity index (χ1v) is 7.08. The number of halogens is 2. The van der Waals surface area contributed by atoms with Crippen molar-refractivity contribution in [3.63, 3.8) is 0 Å². The van der Waals surface area contributed by atoms with Crippen LogP contribution in [0.4, 0.5) is 4.39 Å². The molecule has 1 heterocycles. The van der Waals surface area contributed by atoms with Crippen molar-refractivity contribution in [1.82, 2.24) is 9.55 Å². The van der Waals surface area contributed by atoms with Crippen molar-refractivity contribution >= 4 is 22.6 Å². The first-order chi connectivity index (χ1) is 10.2. The number of rotatable bonds is 4. The van der Waals surface area contributed by atoms with Crippen LogP contribution in [0.3, 0.4) is 0 Å². The number of aromatic nitrogens is 2. The molecule has 0 spiro atoms. The first kappa shape index (κ1) is 13.9. The summed E-state index contributed by atoms with van der Waals surface area (Å²) in [5, 5.41) is 0. The minimum atomic E-state index is -0.244. The molecule has 0 aliphatic carbocycles. The van der Waals surface area contributed by atoms with E-state index in [9.17, 15) is 4.39 Å². The molecule has 0 unspecified atom stereocenters. The van der Waals surface area contributed by atoms with Gasteiger partial charge in [-0.15, -0.1) is 11.6 Å². The van der Waals surface area contributed by atoms with Crippen molar-refractivity contribution in [2.45, 2.75) is 12.4 Å². The quantitative estimate of drug-likeness (QED) is 0.682. The van der Waals surface area contributed by atoms with Gasteiger partial charge in [-0.2, -0.15) is 0 Å². The second-order valence-corrected chi connectivity index (χ2v) is 5.00. The summed E-state index contributed by atoms with van der Waals surface area (Å²) in [5.41, 5.74) is 2.65. The number of hydrogen-bond acceptors (Lipinski definition) is 2. The average molecular weight is 305 g/mol. The number of nitrogens with zero attached hydrogens (tertiary/aromatic N) is 2. The van der Waals surface area contributed by atoms with Gasteiger partial charge < -0.3 is 9.30 Å². The van der Waals surface area contributed by atoms with Crippen LogP contribution in [0.25, 0.3) is 11.0 Å². The Balaban J connectivity index is 2.08. The van der Waals surface area contributed by atoms with E-state index in [0.717, 1.165) is 28.2 Å². The second kappa shape index (κ2) is 5.74. The van der Waals surface area contributed by atoms with Crippen LogP contribution >= 0.6 is 11.6 Å². The van der Waals surface area contributed by atoms with Gasteiger partial charge in [0.25, 0.3) is 0 Å². The lowest BCUT2D eigenvalue weighted by Crippen LogP contribution is -2.04. The van der Waals surface area contributed by atoms with Crippen LogP contribution < -0.4 is 4.74 Å². The van der Waals surface area contributed by atoms with Crippen LogP contribution in [0, 0.1) is 5.82 Å². The Morgan fingerprint density at radius 2 is 2.10 bits per heavy atom. The molecular formula is C16H14ClFN2O.